The minimum atomic E-state index is -0.0613. The van der Waals surface area contributed by atoms with Crippen LogP contribution in [-0.4, -0.2) is 12.8 Å². The highest BCUT2D eigenvalue weighted by Gasteiger charge is 2.18. The third kappa shape index (κ3) is 5.64. The van der Waals surface area contributed by atoms with Gasteiger partial charge in [0, 0.05) is 10.8 Å². The number of oxime groups is 1. The summed E-state index contributed by atoms with van der Waals surface area (Å²) in [5.74, 6) is 6.23. The Hall–Kier alpha value is -0.970. The van der Waals surface area contributed by atoms with Gasteiger partial charge in [0.25, 0.3) is 0 Å². The molecule has 80 valence electrons. The zero-order chi connectivity index (χ0) is 11.4. The van der Waals surface area contributed by atoms with E-state index in [0.717, 1.165) is 5.71 Å². The number of nitrogens with zero attached hydrogens (tertiary/aromatic N) is 1. The Morgan fingerprint density at radius 1 is 1.07 bits per heavy atom. The summed E-state index contributed by atoms with van der Waals surface area (Å²) < 4.78 is 0. The minimum absolute atomic E-state index is 0.000237. The van der Waals surface area contributed by atoms with E-state index in [-0.39, 0.29) is 10.8 Å². The first-order chi connectivity index (χ1) is 6.17. The molecule has 2 nitrogen and oxygen atoms in total. The Bertz CT molecular complexity index is 265. The third-order valence-electron chi connectivity index (χ3n) is 1.45. The van der Waals surface area contributed by atoms with Crippen LogP contribution in [0.15, 0.2) is 5.16 Å². The first-order valence-corrected chi connectivity index (χ1v) is 4.81. The van der Waals surface area contributed by atoms with Gasteiger partial charge < -0.3 is 4.84 Å². The molecule has 0 atom stereocenters. The normalized spacial score (nSPS) is 13.2. The first-order valence-electron chi connectivity index (χ1n) is 4.81. The molecule has 0 aromatic heterocycles. The van der Waals surface area contributed by atoms with Gasteiger partial charge in [-0.3, -0.25) is 0 Å². The molecule has 0 aromatic carbocycles. The Morgan fingerprint density at radius 3 is 1.86 bits per heavy atom. The molecule has 0 bridgehead atoms. The van der Waals surface area contributed by atoms with E-state index < -0.39 is 0 Å². The lowest BCUT2D eigenvalue weighted by molar-refractivity contribution is 0.210. The van der Waals surface area contributed by atoms with E-state index >= 15 is 0 Å². The summed E-state index contributed by atoms with van der Waals surface area (Å²) in [4.78, 5) is 4.78. The molecule has 0 amide bonds. The van der Waals surface area contributed by atoms with Crippen LogP contribution in [0.4, 0.5) is 0 Å². The van der Waals surface area contributed by atoms with Crippen LogP contribution < -0.4 is 0 Å². The number of rotatable bonds is 1. The predicted molar refractivity (Wildman–Crippen MR) is 61.1 cm³/mol. The SMILES string of the molecule is CO/N=C(\C#CC(C)(C)C)C(C)(C)C. The smallest absolute Gasteiger partial charge is 0.135 e. The summed E-state index contributed by atoms with van der Waals surface area (Å²) in [6.45, 7) is 12.4. The van der Waals surface area contributed by atoms with Crippen molar-refractivity contribution in [3.8, 4) is 11.8 Å². The highest BCUT2D eigenvalue weighted by molar-refractivity contribution is 6.03. The van der Waals surface area contributed by atoms with Crippen molar-refractivity contribution in [2.45, 2.75) is 41.5 Å². The zero-order valence-corrected chi connectivity index (χ0v) is 10.4. The fourth-order valence-corrected chi connectivity index (χ4v) is 0.685. The average Bonchev–Trinajstić information content (AvgIpc) is 1.93. The summed E-state index contributed by atoms with van der Waals surface area (Å²) in [6, 6.07) is 0. The molecule has 0 rings (SSSR count). The molecule has 0 fully saturated rings. The van der Waals surface area contributed by atoms with Crippen molar-refractivity contribution < 1.29 is 4.84 Å². The monoisotopic (exact) mass is 195 g/mol. The van der Waals surface area contributed by atoms with E-state index in [1.807, 2.05) is 0 Å². The lowest BCUT2D eigenvalue weighted by Crippen LogP contribution is -2.19. The van der Waals surface area contributed by atoms with Crippen molar-refractivity contribution >= 4 is 5.71 Å². The van der Waals surface area contributed by atoms with Gasteiger partial charge in [-0.15, -0.1) is 0 Å². The molecule has 14 heavy (non-hydrogen) atoms. The van der Waals surface area contributed by atoms with Gasteiger partial charge in [-0.05, 0) is 26.7 Å². The van der Waals surface area contributed by atoms with Crippen LogP contribution in [0.5, 0.6) is 0 Å². The molecule has 0 heterocycles. The van der Waals surface area contributed by atoms with Crippen LogP contribution in [0.1, 0.15) is 41.5 Å². The second kappa shape index (κ2) is 4.50. The van der Waals surface area contributed by atoms with Crippen LogP contribution >= 0.6 is 0 Å². The summed E-state index contributed by atoms with van der Waals surface area (Å²) in [5.41, 5.74) is 0.725. The average molecular weight is 195 g/mol. The summed E-state index contributed by atoms with van der Waals surface area (Å²) in [5, 5.41) is 3.94. The Labute approximate surface area is 87.7 Å². The zero-order valence-electron chi connectivity index (χ0n) is 10.4. The molecular formula is C12H21NO. The Balaban J connectivity index is 4.88. The van der Waals surface area contributed by atoms with Crippen LogP contribution in [0.2, 0.25) is 0 Å². The van der Waals surface area contributed by atoms with Crippen molar-refractivity contribution in [2.24, 2.45) is 16.0 Å². The molecule has 0 saturated heterocycles. The maximum absolute atomic E-state index is 4.78. The highest BCUT2D eigenvalue weighted by Crippen LogP contribution is 2.17. The minimum Gasteiger partial charge on any atom is -0.398 e. The van der Waals surface area contributed by atoms with Gasteiger partial charge in [-0.25, -0.2) is 0 Å². The molecule has 0 unspecified atom stereocenters. The maximum Gasteiger partial charge on any atom is 0.135 e. The fourth-order valence-electron chi connectivity index (χ4n) is 0.685. The van der Waals surface area contributed by atoms with E-state index in [4.69, 9.17) is 4.84 Å². The maximum atomic E-state index is 4.78. The number of hydrogen-bond acceptors (Lipinski definition) is 2. The van der Waals surface area contributed by atoms with Gasteiger partial charge in [0.05, 0.1) is 0 Å². The van der Waals surface area contributed by atoms with Crippen LogP contribution in [0, 0.1) is 22.7 Å². The van der Waals surface area contributed by atoms with E-state index in [1.165, 1.54) is 0 Å². The van der Waals surface area contributed by atoms with Crippen LogP contribution in [0.3, 0.4) is 0 Å². The molecule has 0 radical (unpaired) electrons. The van der Waals surface area contributed by atoms with E-state index in [9.17, 15) is 0 Å². The van der Waals surface area contributed by atoms with Gasteiger partial charge in [0.15, 0.2) is 0 Å². The first kappa shape index (κ1) is 13.0. The molecule has 0 spiro atoms. The van der Waals surface area contributed by atoms with Gasteiger partial charge in [-0.1, -0.05) is 31.8 Å². The molecule has 0 saturated carbocycles. The van der Waals surface area contributed by atoms with E-state index in [0.29, 0.717) is 0 Å². The largest absolute Gasteiger partial charge is 0.398 e. The second-order valence-electron chi connectivity index (χ2n) is 5.37. The van der Waals surface area contributed by atoms with Gasteiger partial charge in [0.2, 0.25) is 0 Å². The fraction of sp³-hybridized carbons (Fsp3) is 0.750. The third-order valence-corrected chi connectivity index (χ3v) is 1.45. The van der Waals surface area contributed by atoms with Gasteiger partial charge in [-0.2, -0.15) is 0 Å². The topological polar surface area (TPSA) is 21.6 Å². The summed E-state index contributed by atoms with van der Waals surface area (Å²) in [7, 11) is 1.55. The van der Waals surface area contributed by atoms with Crippen molar-refractivity contribution in [1.82, 2.24) is 0 Å². The van der Waals surface area contributed by atoms with Crippen LogP contribution in [-0.2, 0) is 4.84 Å². The summed E-state index contributed by atoms with van der Waals surface area (Å²) in [6.07, 6.45) is 0. The Morgan fingerprint density at radius 2 is 1.57 bits per heavy atom. The highest BCUT2D eigenvalue weighted by atomic mass is 16.6. The lowest BCUT2D eigenvalue weighted by atomic mass is 9.89. The molecule has 0 aromatic rings. The molecule has 0 N–H and O–H groups in total. The Kier molecular flexibility index (Phi) is 4.19. The van der Waals surface area contributed by atoms with Crippen molar-refractivity contribution in [1.29, 1.82) is 0 Å². The van der Waals surface area contributed by atoms with Crippen molar-refractivity contribution in [3.63, 3.8) is 0 Å². The second-order valence-corrected chi connectivity index (χ2v) is 5.37. The quantitative estimate of drug-likeness (QED) is 0.358. The lowest BCUT2D eigenvalue weighted by Gasteiger charge is -2.16. The molecule has 2 heteroatoms. The predicted octanol–water partition coefficient (Wildman–Crippen LogP) is 3.08. The molecule has 0 aliphatic rings. The molecule has 0 aliphatic carbocycles. The standard InChI is InChI=1S/C12H21NO/c1-11(2,3)9-8-10(13-14-7)12(4,5)6/h1-7H3/b13-10+. The van der Waals surface area contributed by atoms with Crippen molar-refractivity contribution in [3.05, 3.63) is 0 Å². The summed E-state index contributed by atoms with van der Waals surface area (Å²) >= 11 is 0. The van der Waals surface area contributed by atoms with Crippen molar-refractivity contribution in [2.75, 3.05) is 7.11 Å². The molecular weight excluding hydrogens is 174 g/mol. The van der Waals surface area contributed by atoms with Gasteiger partial charge in [0.1, 0.15) is 12.8 Å². The number of hydrogen-bond donors (Lipinski definition) is 0. The van der Waals surface area contributed by atoms with Gasteiger partial charge >= 0.3 is 0 Å². The van der Waals surface area contributed by atoms with Crippen LogP contribution in [0.25, 0.3) is 0 Å². The van der Waals surface area contributed by atoms with E-state index in [1.54, 1.807) is 7.11 Å². The molecule has 0 aliphatic heterocycles. The van der Waals surface area contributed by atoms with E-state index in [2.05, 4.69) is 58.5 Å².